The number of thiophene rings is 1. The van der Waals surface area contributed by atoms with Crippen LogP contribution in [0.4, 0.5) is 0 Å². The van der Waals surface area contributed by atoms with E-state index in [1.807, 2.05) is 6.07 Å². The lowest BCUT2D eigenvalue weighted by atomic mass is 10.3. The van der Waals surface area contributed by atoms with Crippen molar-refractivity contribution in [2.45, 2.75) is 6.42 Å². The van der Waals surface area contributed by atoms with Crippen molar-refractivity contribution in [1.29, 1.82) is 0 Å². The Morgan fingerprint density at radius 3 is 2.91 bits per heavy atom. The van der Waals surface area contributed by atoms with E-state index in [4.69, 9.17) is 5.73 Å². The highest BCUT2D eigenvalue weighted by molar-refractivity contribution is 9.11. The van der Waals surface area contributed by atoms with Gasteiger partial charge in [-0.05, 0) is 47.1 Å². The smallest absolute Gasteiger partial charge is 0.0704 e. The van der Waals surface area contributed by atoms with E-state index >= 15 is 0 Å². The van der Waals surface area contributed by atoms with Gasteiger partial charge in [-0.1, -0.05) is 6.08 Å². The summed E-state index contributed by atoms with van der Waals surface area (Å²) in [6, 6.07) is 4.13. The maximum atomic E-state index is 5.34. The van der Waals surface area contributed by atoms with Crippen molar-refractivity contribution in [3.8, 4) is 0 Å². The molecule has 2 N–H and O–H groups in total. The average Bonchev–Trinajstić information content (AvgIpc) is 2.37. The van der Waals surface area contributed by atoms with Crippen LogP contribution in [-0.4, -0.2) is 6.54 Å². The van der Waals surface area contributed by atoms with Crippen LogP contribution in [-0.2, 0) is 0 Å². The van der Waals surface area contributed by atoms with Crippen LogP contribution in [0.5, 0.6) is 0 Å². The van der Waals surface area contributed by atoms with Crippen molar-refractivity contribution in [3.05, 3.63) is 26.9 Å². The maximum absolute atomic E-state index is 5.34. The molecule has 0 unspecified atom stereocenters. The third-order valence-corrected chi connectivity index (χ3v) is 2.80. The molecule has 0 radical (unpaired) electrons. The predicted molar refractivity (Wildman–Crippen MR) is 54.7 cm³/mol. The van der Waals surface area contributed by atoms with Crippen molar-refractivity contribution < 1.29 is 0 Å². The van der Waals surface area contributed by atoms with Crippen molar-refractivity contribution in [2.24, 2.45) is 5.73 Å². The van der Waals surface area contributed by atoms with Gasteiger partial charge in [0.25, 0.3) is 0 Å². The SMILES string of the molecule is NCC/C=C/c1ccc(Br)s1. The monoisotopic (exact) mass is 231 g/mol. The Hall–Kier alpha value is -0.120. The Morgan fingerprint density at radius 1 is 1.55 bits per heavy atom. The van der Waals surface area contributed by atoms with E-state index in [9.17, 15) is 0 Å². The van der Waals surface area contributed by atoms with Gasteiger partial charge in [0.05, 0.1) is 3.79 Å². The van der Waals surface area contributed by atoms with E-state index < -0.39 is 0 Å². The standard InChI is InChI=1S/C8H10BrNS/c9-8-5-4-7(11-8)3-1-2-6-10/h1,3-5H,2,6,10H2/b3-1+. The molecule has 0 spiro atoms. The summed E-state index contributed by atoms with van der Waals surface area (Å²) in [5.41, 5.74) is 5.34. The van der Waals surface area contributed by atoms with E-state index in [2.05, 4.69) is 34.1 Å². The van der Waals surface area contributed by atoms with Crippen LogP contribution in [0, 0.1) is 0 Å². The molecule has 0 saturated heterocycles. The molecular weight excluding hydrogens is 222 g/mol. The van der Waals surface area contributed by atoms with Crippen LogP contribution in [0.3, 0.4) is 0 Å². The van der Waals surface area contributed by atoms with Crippen LogP contribution in [0.1, 0.15) is 11.3 Å². The second kappa shape index (κ2) is 4.70. The summed E-state index contributed by atoms with van der Waals surface area (Å²) in [7, 11) is 0. The predicted octanol–water partition coefficient (Wildman–Crippen LogP) is 2.87. The Balaban J connectivity index is 2.50. The van der Waals surface area contributed by atoms with Crippen LogP contribution in [0.25, 0.3) is 6.08 Å². The molecule has 60 valence electrons. The molecule has 0 aliphatic rings. The summed E-state index contributed by atoms with van der Waals surface area (Å²) in [6.07, 6.45) is 5.15. The molecule has 11 heavy (non-hydrogen) atoms. The molecular formula is C8H10BrNS. The van der Waals surface area contributed by atoms with Gasteiger partial charge in [-0.25, -0.2) is 0 Å². The lowest BCUT2D eigenvalue weighted by Gasteiger charge is -1.83. The topological polar surface area (TPSA) is 26.0 Å². The van der Waals surface area contributed by atoms with Crippen molar-refractivity contribution in [2.75, 3.05) is 6.54 Å². The van der Waals surface area contributed by atoms with Crippen LogP contribution >= 0.6 is 27.3 Å². The molecule has 1 heterocycles. The maximum Gasteiger partial charge on any atom is 0.0704 e. The van der Waals surface area contributed by atoms with Gasteiger partial charge in [0.1, 0.15) is 0 Å². The summed E-state index contributed by atoms with van der Waals surface area (Å²) in [5, 5.41) is 0. The van der Waals surface area contributed by atoms with Gasteiger partial charge in [-0.3, -0.25) is 0 Å². The quantitative estimate of drug-likeness (QED) is 0.851. The molecule has 0 fully saturated rings. The van der Waals surface area contributed by atoms with E-state index in [1.165, 1.54) is 8.66 Å². The van der Waals surface area contributed by atoms with Gasteiger partial charge in [-0.15, -0.1) is 11.3 Å². The highest BCUT2D eigenvalue weighted by Gasteiger charge is 1.90. The largest absolute Gasteiger partial charge is 0.330 e. The third-order valence-electron chi connectivity index (χ3n) is 1.21. The van der Waals surface area contributed by atoms with Gasteiger partial charge in [0, 0.05) is 4.88 Å². The zero-order valence-electron chi connectivity index (χ0n) is 6.09. The first kappa shape index (κ1) is 8.97. The second-order valence-corrected chi connectivity index (χ2v) is 4.62. The summed E-state index contributed by atoms with van der Waals surface area (Å²) in [6.45, 7) is 0.725. The van der Waals surface area contributed by atoms with Gasteiger partial charge in [0.2, 0.25) is 0 Å². The number of hydrogen-bond donors (Lipinski definition) is 1. The van der Waals surface area contributed by atoms with Crippen molar-refractivity contribution in [1.82, 2.24) is 0 Å². The molecule has 1 nitrogen and oxygen atoms in total. The third kappa shape index (κ3) is 3.18. The molecule has 0 aliphatic carbocycles. The average molecular weight is 232 g/mol. The minimum atomic E-state index is 0.725. The Kier molecular flexibility index (Phi) is 3.83. The molecule has 3 heteroatoms. The van der Waals surface area contributed by atoms with Gasteiger partial charge < -0.3 is 5.73 Å². The number of rotatable bonds is 3. The van der Waals surface area contributed by atoms with Crippen molar-refractivity contribution >= 4 is 33.3 Å². The van der Waals surface area contributed by atoms with Gasteiger partial charge >= 0.3 is 0 Å². The van der Waals surface area contributed by atoms with Crippen molar-refractivity contribution in [3.63, 3.8) is 0 Å². The second-order valence-electron chi connectivity index (χ2n) is 2.12. The minimum Gasteiger partial charge on any atom is -0.330 e. The zero-order chi connectivity index (χ0) is 8.10. The Morgan fingerprint density at radius 2 is 2.36 bits per heavy atom. The highest BCUT2D eigenvalue weighted by Crippen LogP contribution is 2.22. The van der Waals surface area contributed by atoms with Crippen LogP contribution < -0.4 is 5.73 Å². The summed E-state index contributed by atoms with van der Waals surface area (Å²) < 4.78 is 1.17. The zero-order valence-corrected chi connectivity index (χ0v) is 8.49. The first-order valence-corrected chi connectivity index (χ1v) is 5.06. The molecule has 1 rings (SSSR count). The molecule has 0 saturated carbocycles. The van der Waals surface area contributed by atoms with Gasteiger partial charge in [0.15, 0.2) is 0 Å². The van der Waals surface area contributed by atoms with E-state index in [0.29, 0.717) is 0 Å². The van der Waals surface area contributed by atoms with E-state index in [0.717, 1.165) is 13.0 Å². The minimum absolute atomic E-state index is 0.725. The molecule has 0 aromatic carbocycles. The van der Waals surface area contributed by atoms with Crippen LogP contribution in [0.2, 0.25) is 0 Å². The van der Waals surface area contributed by atoms with E-state index in [1.54, 1.807) is 11.3 Å². The fourth-order valence-corrected chi connectivity index (χ4v) is 2.07. The number of nitrogens with two attached hydrogens (primary N) is 1. The molecule has 0 amide bonds. The van der Waals surface area contributed by atoms with Crippen LogP contribution in [0.15, 0.2) is 22.0 Å². The Bertz CT molecular complexity index is 242. The molecule has 1 aromatic heterocycles. The molecule has 1 aromatic rings. The first-order valence-electron chi connectivity index (χ1n) is 3.45. The summed E-state index contributed by atoms with van der Waals surface area (Å²) in [5.74, 6) is 0. The first-order chi connectivity index (χ1) is 5.33. The Labute approximate surface area is 79.0 Å². The molecule has 0 bridgehead atoms. The number of halogens is 1. The fraction of sp³-hybridized carbons (Fsp3) is 0.250. The highest BCUT2D eigenvalue weighted by atomic mass is 79.9. The van der Waals surface area contributed by atoms with E-state index in [-0.39, 0.29) is 0 Å². The lowest BCUT2D eigenvalue weighted by Crippen LogP contribution is -1.94. The molecule has 0 aliphatic heterocycles. The fourth-order valence-electron chi connectivity index (χ4n) is 0.714. The number of hydrogen-bond acceptors (Lipinski definition) is 2. The van der Waals surface area contributed by atoms with Gasteiger partial charge in [-0.2, -0.15) is 0 Å². The summed E-state index contributed by atoms with van der Waals surface area (Å²) >= 11 is 5.13. The summed E-state index contributed by atoms with van der Waals surface area (Å²) in [4.78, 5) is 1.27. The normalized spacial score (nSPS) is 11.1. The lowest BCUT2D eigenvalue weighted by molar-refractivity contribution is 1.01. The molecule has 0 atom stereocenters.